The van der Waals surface area contributed by atoms with Crippen LogP contribution in [0.15, 0.2) is 41.3 Å². The van der Waals surface area contributed by atoms with Gasteiger partial charge in [-0.05, 0) is 23.8 Å². The molecular weight excluding hydrogens is 302 g/mol. The van der Waals surface area contributed by atoms with Crippen molar-refractivity contribution in [1.82, 2.24) is 0 Å². The monoisotopic (exact) mass is 312 g/mol. The van der Waals surface area contributed by atoms with E-state index in [0.29, 0.717) is 10.8 Å². The van der Waals surface area contributed by atoms with E-state index in [1.807, 2.05) is 6.07 Å². The summed E-state index contributed by atoms with van der Waals surface area (Å²) in [5.74, 6) is -1.47. The van der Waals surface area contributed by atoms with Gasteiger partial charge in [0.05, 0.1) is 4.90 Å². The topological polar surface area (TPSA) is 49.9 Å². The van der Waals surface area contributed by atoms with E-state index < -0.39 is 11.6 Å². The van der Waals surface area contributed by atoms with Crippen molar-refractivity contribution in [1.29, 1.82) is 5.41 Å². The van der Waals surface area contributed by atoms with Gasteiger partial charge >= 0.3 is 0 Å². The minimum Gasteiger partial charge on any atom is -0.384 e. The minimum atomic E-state index is -0.729. The molecular formula is C14H11ClF2N2S. The predicted molar refractivity (Wildman–Crippen MR) is 78.4 cm³/mol. The molecule has 0 saturated heterocycles. The first-order valence-corrected chi connectivity index (χ1v) is 7.05. The zero-order valence-electron chi connectivity index (χ0n) is 10.3. The maximum atomic E-state index is 13.8. The van der Waals surface area contributed by atoms with Gasteiger partial charge in [0.1, 0.15) is 17.5 Å². The molecule has 0 saturated carbocycles. The molecule has 0 spiro atoms. The highest BCUT2D eigenvalue weighted by atomic mass is 35.5. The van der Waals surface area contributed by atoms with Gasteiger partial charge in [-0.3, -0.25) is 5.41 Å². The van der Waals surface area contributed by atoms with E-state index in [2.05, 4.69) is 0 Å². The number of rotatable bonds is 4. The highest BCUT2D eigenvalue weighted by Gasteiger charge is 2.13. The van der Waals surface area contributed by atoms with Gasteiger partial charge in [0.25, 0.3) is 0 Å². The highest BCUT2D eigenvalue weighted by molar-refractivity contribution is 7.98. The van der Waals surface area contributed by atoms with Crippen molar-refractivity contribution in [3.05, 3.63) is 64.2 Å². The van der Waals surface area contributed by atoms with E-state index >= 15 is 0 Å². The van der Waals surface area contributed by atoms with Gasteiger partial charge in [-0.2, -0.15) is 0 Å². The van der Waals surface area contributed by atoms with Crippen LogP contribution in [0, 0.1) is 17.0 Å². The Bertz CT molecular complexity index is 638. The molecule has 2 aromatic rings. The third kappa shape index (κ3) is 3.29. The summed E-state index contributed by atoms with van der Waals surface area (Å²) in [6.07, 6.45) is 0. The van der Waals surface area contributed by atoms with Crippen LogP contribution in [0.2, 0.25) is 5.02 Å². The lowest BCUT2D eigenvalue weighted by Crippen LogP contribution is -2.12. The zero-order valence-corrected chi connectivity index (χ0v) is 11.9. The third-order valence-electron chi connectivity index (χ3n) is 2.64. The van der Waals surface area contributed by atoms with Crippen molar-refractivity contribution in [3.63, 3.8) is 0 Å². The Hall–Kier alpha value is -1.59. The molecule has 2 rings (SSSR count). The third-order valence-corrected chi connectivity index (χ3v) is 4.14. The Labute approximate surface area is 124 Å². The second-order valence-corrected chi connectivity index (χ2v) is 5.46. The largest absolute Gasteiger partial charge is 0.384 e. The Morgan fingerprint density at radius 3 is 2.35 bits per heavy atom. The average molecular weight is 313 g/mol. The van der Waals surface area contributed by atoms with Gasteiger partial charge in [-0.15, -0.1) is 11.8 Å². The molecule has 0 atom stereocenters. The molecule has 0 radical (unpaired) electrons. The second-order valence-electron chi connectivity index (χ2n) is 4.06. The van der Waals surface area contributed by atoms with Crippen LogP contribution in [-0.2, 0) is 5.75 Å². The van der Waals surface area contributed by atoms with Crippen LogP contribution in [0.1, 0.15) is 11.1 Å². The molecule has 0 aromatic heterocycles. The fourth-order valence-corrected chi connectivity index (χ4v) is 2.85. The maximum absolute atomic E-state index is 13.8. The predicted octanol–water partition coefficient (Wildman–Crippen LogP) is 4.19. The molecule has 2 nitrogen and oxygen atoms in total. The fourth-order valence-electron chi connectivity index (χ4n) is 1.62. The number of amidine groups is 1. The first kappa shape index (κ1) is 14.8. The lowest BCUT2D eigenvalue weighted by atomic mass is 10.2. The van der Waals surface area contributed by atoms with E-state index in [-0.39, 0.29) is 16.3 Å². The molecule has 104 valence electrons. The van der Waals surface area contributed by atoms with Crippen LogP contribution in [0.5, 0.6) is 0 Å². The molecule has 3 N–H and O–H groups in total. The van der Waals surface area contributed by atoms with Crippen molar-refractivity contribution in [2.24, 2.45) is 5.73 Å². The van der Waals surface area contributed by atoms with E-state index in [4.69, 9.17) is 22.7 Å². The normalized spacial score (nSPS) is 10.6. The van der Waals surface area contributed by atoms with E-state index in [1.165, 1.54) is 0 Å². The summed E-state index contributed by atoms with van der Waals surface area (Å²) in [7, 11) is 0. The summed E-state index contributed by atoms with van der Waals surface area (Å²) in [4.78, 5) is -0.102. The van der Waals surface area contributed by atoms with Gasteiger partial charge < -0.3 is 5.73 Å². The van der Waals surface area contributed by atoms with Crippen LogP contribution in [0.25, 0.3) is 0 Å². The smallest absolute Gasteiger partial charge is 0.140 e. The molecule has 0 bridgehead atoms. The van der Waals surface area contributed by atoms with E-state index in [0.717, 1.165) is 29.5 Å². The number of hydrogen-bond acceptors (Lipinski definition) is 2. The van der Waals surface area contributed by atoms with Gasteiger partial charge in [-0.25, -0.2) is 8.78 Å². The Morgan fingerprint density at radius 2 is 1.80 bits per heavy atom. The first-order valence-electron chi connectivity index (χ1n) is 5.68. The maximum Gasteiger partial charge on any atom is 0.140 e. The van der Waals surface area contributed by atoms with Crippen LogP contribution < -0.4 is 5.73 Å². The molecule has 2 aromatic carbocycles. The number of nitrogen functional groups attached to an aromatic ring is 1. The molecule has 0 aliphatic heterocycles. The van der Waals surface area contributed by atoms with E-state index in [1.54, 1.807) is 18.2 Å². The van der Waals surface area contributed by atoms with Crippen molar-refractivity contribution in [2.45, 2.75) is 10.6 Å². The lowest BCUT2D eigenvalue weighted by molar-refractivity contribution is 0.540. The number of nitrogens with two attached hydrogens (primary N) is 1. The summed E-state index contributed by atoms with van der Waals surface area (Å²) in [6, 6.07) is 9.24. The summed E-state index contributed by atoms with van der Waals surface area (Å²) < 4.78 is 27.7. The second kappa shape index (κ2) is 6.24. The number of halogens is 3. The number of thioether (sulfide) groups is 1. The Morgan fingerprint density at radius 1 is 1.20 bits per heavy atom. The molecule has 0 heterocycles. The average Bonchev–Trinajstić information content (AvgIpc) is 2.39. The molecule has 0 aliphatic rings. The Kier molecular flexibility index (Phi) is 4.62. The Balaban J connectivity index is 2.22. The van der Waals surface area contributed by atoms with Crippen LogP contribution in [0.4, 0.5) is 8.78 Å². The SMILES string of the molecule is N=C(N)c1cc(F)c(SCc2ccccc2Cl)c(F)c1. The molecule has 0 amide bonds. The van der Waals surface area contributed by atoms with Crippen molar-refractivity contribution < 1.29 is 8.78 Å². The molecule has 6 heteroatoms. The molecule has 0 aliphatic carbocycles. The first-order chi connectivity index (χ1) is 9.49. The molecule has 20 heavy (non-hydrogen) atoms. The lowest BCUT2D eigenvalue weighted by Gasteiger charge is -2.08. The quantitative estimate of drug-likeness (QED) is 0.505. The zero-order chi connectivity index (χ0) is 14.7. The summed E-state index contributed by atoms with van der Waals surface area (Å²) in [5, 5.41) is 7.74. The minimum absolute atomic E-state index is 0.0297. The highest BCUT2D eigenvalue weighted by Crippen LogP contribution is 2.31. The van der Waals surface area contributed by atoms with Gasteiger partial charge in [0.2, 0.25) is 0 Å². The van der Waals surface area contributed by atoms with Crippen LogP contribution in [-0.4, -0.2) is 5.84 Å². The summed E-state index contributed by atoms with van der Waals surface area (Å²) >= 11 is 7.01. The summed E-state index contributed by atoms with van der Waals surface area (Å²) in [5.41, 5.74) is 6.04. The summed E-state index contributed by atoms with van der Waals surface area (Å²) in [6.45, 7) is 0. The van der Waals surface area contributed by atoms with Gasteiger partial charge in [-0.1, -0.05) is 29.8 Å². The van der Waals surface area contributed by atoms with Crippen LogP contribution in [0.3, 0.4) is 0 Å². The fraction of sp³-hybridized carbons (Fsp3) is 0.0714. The van der Waals surface area contributed by atoms with Crippen molar-refractivity contribution >= 4 is 29.2 Å². The van der Waals surface area contributed by atoms with Gasteiger partial charge in [0.15, 0.2) is 0 Å². The number of hydrogen-bond donors (Lipinski definition) is 2. The number of benzene rings is 2. The number of nitrogens with one attached hydrogen (secondary N) is 1. The molecule has 0 unspecified atom stereocenters. The van der Waals surface area contributed by atoms with Crippen molar-refractivity contribution in [3.8, 4) is 0 Å². The van der Waals surface area contributed by atoms with E-state index in [9.17, 15) is 8.78 Å². The van der Waals surface area contributed by atoms with Gasteiger partial charge in [0, 0.05) is 16.3 Å². The standard InChI is InChI=1S/C14H11ClF2N2S/c15-10-4-2-1-3-8(10)7-20-13-11(16)5-9(14(18)19)6-12(13)17/h1-6H,7H2,(H3,18,19). The van der Waals surface area contributed by atoms with Crippen molar-refractivity contribution in [2.75, 3.05) is 0 Å². The van der Waals surface area contributed by atoms with Crippen LogP contribution >= 0.6 is 23.4 Å². The molecule has 0 fully saturated rings.